The van der Waals surface area contributed by atoms with Crippen LogP contribution in [-0.2, 0) is 24.4 Å². The summed E-state index contributed by atoms with van der Waals surface area (Å²) in [6.07, 6.45) is 3.58. The van der Waals surface area contributed by atoms with E-state index in [9.17, 15) is 4.79 Å². The third-order valence-corrected chi connectivity index (χ3v) is 5.77. The lowest BCUT2D eigenvalue weighted by Gasteiger charge is -2.42. The summed E-state index contributed by atoms with van der Waals surface area (Å²) in [5.41, 5.74) is 0.722. The zero-order valence-electron chi connectivity index (χ0n) is 15.8. The number of amides is 1. The molecule has 5 heteroatoms. The van der Waals surface area contributed by atoms with E-state index in [-0.39, 0.29) is 5.91 Å². The fourth-order valence-electron chi connectivity index (χ4n) is 4.10. The van der Waals surface area contributed by atoms with Crippen molar-refractivity contribution in [3.05, 3.63) is 35.9 Å². The van der Waals surface area contributed by atoms with E-state index < -0.39 is 5.41 Å². The molecule has 1 aromatic rings. The van der Waals surface area contributed by atoms with Gasteiger partial charge >= 0.3 is 0 Å². The third-order valence-electron chi connectivity index (χ3n) is 5.77. The Labute approximate surface area is 156 Å². The summed E-state index contributed by atoms with van der Waals surface area (Å²) in [4.78, 5) is 15.6. The number of ether oxygens (including phenoxy) is 3. The van der Waals surface area contributed by atoms with Gasteiger partial charge < -0.3 is 19.1 Å². The van der Waals surface area contributed by atoms with Crippen molar-refractivity contribution in [3.8, 4) is 0 Å². The average molecular weight is 361 g/mol. The molecule has 0 aliphatic carbocycles. The van der Waals surface area contributed by atoms with Crippen LogP contribution in [0.15, 0.2) is 30.3 Å². The molecule has 0 spiro atoms. The zero-order valence-corrected chi connectivity index (χ0v) is 15.8. The maximum Gasteiger partial charge on any atom is 0.233 e. The summed E-state index contributed by atoms with van der Waals surface area (Å²) >= 11 is 0. The van der Waals surface area contributed by atoms with E-state index >= 15 is 0 Å². The van der Waals surface area contributed by atoms with Crippen LogP contribution in [0.2, 0.25) is 0 Å². The Morgan fingerprint density at radius 2 is 1.85 bits per heavy atom. The smallest absolute Gasteiger partial charge is 0.233 e. The Hall–Kier alpha value is -1.43. The van der Waals surface area contributed by atoms with Crippen molar-refractivity contribution in [2.75, 3.05) is 53.2 Å². The number of nitrogens with zero attached hydrogens (tertiary/aromatic N) is 1. The first kappa shape index (κ1) is 19.3. The van der Waals surface area contributed by atoms with Gasteiger partial charge in [-0.05, 0) is 37.2 Å². The molecule has 0 saturated carbocycles. The number of methoxy groups -OCH3 is 1. The van der Waals surface area contributed by atoms with Crippen molar-refractivity contribution in [1.29, 1.82) is 0 Å². The summed E-state index contributed by atoms with van der Waals surface area (Å²) in [6, 6.07) is 10.3. The van der Waals surface area contributed by atoms with Crippen LogP contribution in [0.25, 0.3) is 0 Å². The topological polar surface area (TPSA) is 48.0 Å². The van der Waals surface area contributed by atoms with Crippen LogP contribution in [0.1, 0.15) is 31.2 Å². The lowest BCUT2D eigenvalue weighted by atomic mass is 9.72. The number of carbonyl (C=O) groups excluding carboxylic acids is 1. The summed E-state index contributed by atoms with van der Waals surface area (Å²) in [6.45, 7) is 5.02. The van der Waals surface area contributed by atoms with Gasteiger partial charge in [0.15, 0.2) is 0 Å². The maximum atomic E-state index is 13.5. The Kier molecular flexibility index (Phi) is 7.06. The van der Waals surface area contributed by atoms with Crippen LogP contribution in [-0.4, -0.2) is 64.0 Å². The number of carbonyl (C=O) groups is 1. The second-order valence-electron chi connectivity index (χ2n) is 7.36. The highest BCUT2D eigenvalue weighted by molar-refractivity contribution is 5.88. The molecule has 26 heavy (non-hydrogen) atoms. The van der Waals surface area contributed by atoms with E-state index in [1.807, 2.05) is 18.2 Å². The summed E-state index contributed by atoms with van der Waals surface area (Å²) in [5.74, 6) is 0.823. The molecule has 2 aliphatic rings. The van der Waals surface area contributed by atoms with E-state index in [0.29, 0.717) is 32.3 Å². The molecule has 1 aromatic carbocycles. The van der Waals surface area contributed by atoms with Gasteiger partial charge in [-0.15, -0.1) is 0 Å². The molecule has 0 atom stereocenters. The minimum Gasteiger partial charge on any atom is -0.382 e. The molecule has 0 unspecified atom stereocenters. The molecule has 0 aromatic heterocycles. The highest BCUT2D eigenvalue weighted by Crippen LogP contribution is 2.37. The van der Waals surface area contributed by atoms with Gasteiger partial charge in [-0.1, -0.05) is 30.3 Å². The van der Waals surface area contributed by atoms with E-state index in [1.165, 1.54) is 0 Å². The van der Waals surface area contributed by atoms with E-state index in [4.69, 9.17) is 14.2 Å². The second kappa shape index (κ2) is 9.49. The quantitative estimate of drug-likeness (QED) is 0.701. The van der Waals surface area contributed by atoms with Crippen LogP contribution >= 0.6 is 0 Å². The first-order chi connectivity index (χ1) is 12.8. The third kappa shape index (κ3) is 4.45. The van der Waals surface area contributed by atoms with E-state index in [2.05, 4.69) is 17.0 Å². The van der Waals surface area contributed by atoms with Crippen molar-refractivity contribution in [2.45, 2.75) is 31.1 Å². The van der Waals surface area contributed by atoms with Gasteiger partial charge in [0.2, 0.25) is 5.91 Å². The Bertz CT molecular complexity index is 548. The molecule has 0 radical (unpaired) electrons. The fourth-order valence-corrected chi connectivity index (χ4v) is 4.10. The largest absolute Gasteiger partial charge is 0.382 e. The van der Waals surface area contributed by atoms with Crippen molar-refractivity contribution < 1.29 is 19.0 Å². The molecule has 0 bridgehead atoms. The van der Waals surface area contributed by atoms with Gasteiger partial charge in [-0.2, -0.15) is 0 Å². The molecule has 1 amide bonds. The van der Waals surface area contributed by atoms with Gasteiger partial charge in [-0.25, -0.2) is 0 Å². The van der Waals surface area contributed by atoms with Crippen LogP contribution in [0, 0.1) is 5.92 Å². The van der Waals surface area contributed by atoms with Crippen molar-refractivity contribution in [2.24, 2.45) is 5.92 Å². The number of hydrogen-bond acceptors (Lipinski definition) is 4. The zero-order chi connectivity index (χ0) is 18.2. The lowest BCUT2D eigenvalue weighted by Crippen LogP contribution is -2.52. The average Bonchev–Trinajstić information content (AvgIpc) is 2.72. The highest BCUT2D eigenvalue weighted by Gasteiger charge is 2.44. The minimum absolute atomic E-state index is 0.283. The van der Waals surface area contributed by atoms with E-state index in [1.54, 1.807) is 7.11 Å². The predicted octanol–water partition coefficient (Wildman–Crippen LogP) is 2.64. The van der Waals surface area contributed by atoms with Gasteiger partial charge in [-0.3, -0.25) is 4.79 Å². The van der Waals surface area contributed by atoms with Crippen molar-refractivity contribution >= 4 is 5.91 Å². The molecule has 2 heterocycles. The minimum atomic E-state index is -0.415. The Balaban J connectivity index is 1.60. The van der Waals surface area contributed by atoms with Gasteiger partial charge in [0.1, 0.15) is 0 Å². The molecule has 2 saturated heterocycles. The summed E-state index contributed by atoms with van der Waals surface area (Å²) < 4.78 is 16.2. The van der Waals surface area contributed by atoms with Gasteiger partial charge in [0.05, 0.1) is 18.6 Å². The first-order valence-electron chi connectivity index (χ1n) is 9.75. The predicted molar refractivity (Wildman–Crippen MR) is 100 cm³/mol. The summed E-state index contributed by atoms with van der Waals surface area (Å²) in [5, 5.41) is 0. The summed E-state index contributed by atoms with van der Waals surface area (Å²) in [7, 11) is 1.69. The Morgan fingerprint density at radius 3 is 2.50 bits per heavy atom. The van der Waals surface area contributed by atoms with Crippen LogP contribution in [0.4, 0.5) is 0 Å². The van der Waals surface area contributed by atoms with Crippen molar-refractivity contribution in [1.82, 2.24) is 4.90 Å². The maximum absolute atomic E-state index is 13.5. The molecule has 2 aliphatic heterocycles. The van der Waals surface area contributed by atoms with Crippen LogP contribution in [0.3, 0.4) is 0 Å². The van der Waals surface area contributed by atoms with Gasteiger partial charge in [0.25, 0.3) is 0 Å². The lowest BCUT2D eigenvalue weighted by molar-refractivity contribution is -0.143. The highest BCUT2D eigenvalue weighted by atomic mass is 16.5. The molecule has 5 nitrogen and oxygen atoms in total. The second-order valence-corrected chi connectivity index (χ2v) is 7.36. The monoisotopic (exact) mass is 361 g/mol. The number of hydrogen-bond donors (Lipinski definition) is 0. The first-order valence-corrected chi connectivity index (χ1v) is 9.75. The standard InChI is InChI=1S/C21H31NO4/c1-24-15-16-26-17-18-7-11-22(12-8-18)20(23)21(9-13-25-14-10-21)19-5-3-2-4-6-19/h2-6,18H,7-17H2,1H3. The molecule has 2 fully saturated rings. The number of benzene rings is 1. The van der Waals surface area contributed by atoms with E-state index in [0.717, 1.165) is 50.9 Å². The Morgan fingerprint density at radius 1 is 1.15 bits per heavy atom. The molecule has 144 valence electrons. The SMILES string of the molecule is COCCOCC1CCN(C(=O)C2(c3ccccc3)CCOCC2)CC1. The molecule has 3 rings (SSSR count). The molecular formula is C21H31NO4. The number of piperidine rings is 1. The van der Waals surface area contributed by atoms with Crippen molar-refractivity contribution in [3.63, 3.8) is 0 Å². The van der Waals surface area contributed by atoms with Crippen LogP contribution < -0.4 is 0 Å². The number of likely N-dealkylation sites (tertiary alicyclic amines) is 1. The fraction of sp³-hybridized carbons (Fsp3) is 0.667. The molecular weight excluding hydrogens is 330 g/mol. The molecule has 0 N–H and O–H groups in total. The number of rotatable bonds is 7. The normalized spacial score (nSPS) is 20.9. The van der Waals surface area contributed by atoms with Gasteiger partial charge in [0, 0.05) is 40.0 Å². The van der Waals surface area contributed by atoms with Crippen LogP contribution in [0.5, 0.6) is 0 Å².